The van der Waals surface area contributed by atoms with Crippen molar-refractivity contribution in [2.24, 2.45) is 0 Å². The molecule has 0 aromatic rings. The van der Waals surface area contributed by atoms with E-state index in [9.17, 15) is 4.79 Å². The summed E-state index contributed by atoms with van der Waals surface area (Å²) < 4.78 is 0. The second-order valence-electron chi connectivity index (χ2n) is 6.54. The van der Waals surface area contributed by atoms with Gasteiger partial charge in [0, 0.05) is 24.5 Å². The lowest BCUT2D eigenvalue weighted by Crippen LogP contribution is -2.42. The minimum atomic E-state index is -0.680. The molecule has 20 heavy (non-hydrogen) atoms. The predicted molar refractivity (Wildman–Crippen MR) is 83.1 cm³/mol. The molecule has 4 heteroatoms. The first kappa shape index (κ1) is 17.4. The molecule has 1 aliphatic rings. The van der Waals surface area contributed by atoms with Gasteiger partial charge in [-0.05, 0) is 73.0 Å². The fourth-order valence-corrected chi connectivity index (χ4v) is 3.22. The van der Waals surface area contributed by atoms with Crippen molar-refractivity contribution in [1.29, 1.82) is 0 Å². The van der Waals surface area contributed by atoms with E-state index in [1.807, 2.05) is 0 Å². The largest absolute Gasteiger partial charge is 0.481 e. The van der Waals surface area contributed by atoms with Crippen molar-refractivity contribution in [2.75, 3.05) is 19.6 Å². The molecule has 1 aliphatic heterocycles. The molecule has 0 spiro atoms. The lowest BCUT2D eigenvalue weighted by atomic mass is 10.0. The van der Waals surface area contributed by atoms with Crippen LogP contribution in [0.1, 0.15) is 59.8 Å². The third-order valence-electron chi connectivity index (χ3n) is 4.40. The van der Waals surface area contributed by atoms with E-state index in [-0.39, 0.29) is 6.42 Å². The molecule has 0 bridgehead atoms. The van der Waals surface area contributed by atoms with Gasteiger partial charge in [-0.1, -0.05) is 0 Å². The van der Waals surface area contributed by atoms with Gasteiger partial charge < -0.3 is 10.0 Å². The summed E-state index contributed by atoms with van der Waals surface area (Å²) in [4.78, 5) is 15.8. The van der Waals surface area contributed by atoms with Crippen LogP contribution in [0.15, 0.2) is 0 Å². The van der Waals surface area contributed by atoms with Crippen LogP contribution >= 0.6 is 0 Å². The molecule has 4 nitrogen and oxygen atoms in total. The van der Waals surface area contributed by atoms with Gasteiger partial charge in [0.2, 0.25) is 0 Å². The molecule has 1 unspecified atom stereocenters. The Morgan fingerprint density at radius 2 is 1.95 bits per heavy atom. The van der Waals surface area contributed by atoms with E-state index < -0.39 is 5.97 Å². The Labute approximate surface area is 124 Å². The van der Waals surface area contributed by atoms with Gasteiger partial charge in [0.1, 0.15) is 0 Å². The number of carboxylic acids is 1. The van der Waals surface area contributed by atoms with Crippen LogP contribution in [-0.2, 0) is 4.79 Å². The lowest BCUT2D eigenvalue weighted by Gasteiger charge is -2.34. The van der Waals surface area contributed by atoms with Gasteiger partial charge in [0.15, 0.2) is 0 Å². The predicted octanol–water partition coefficient (Wildman–Crippen LogP) is 2.82. The Morgan fingerprint density at radius 1 is 1.25 bits per heavy atom. The first-order valence-electron chi connectivity index (χ1n) is 8.13. The SMILES string of the molecule is CC(C)N1CCCC(N(CCCC(=O)O)C(C)C)CC1. The number of hydrogen-bond acceptors (Lipinski definition) is 3. The van der Waals surface area contributed by atoms with E-state index in [0.29, 0.717) is 18.1 Å². The maximum atomic E-state index is 10.7. The molecule has 1 atom stereocenters. The molecule has 0 aliphatic carbocycles. The highest BCUT2D eigenvalue weighted by Gasteiger charge is 2.25. The number of rotatable bonds is 7. The number of aliphatic carboxylic acids is 1. The van der Waals surface area contributed by atoms with Crippen molar-refractivity contribution in [2.45, 2.75) is 77.9 Å². The monoisotopic (exact) mass is 284 g/mol. The topological polar surface area (TPSA) is 43.8 Å². The molecular weight excluding hydrogens is 252 g/mol. The highest BCUT2D eigenvalue weighted by molar-refractivity contribution is 5.66. The zero-order valence-corrected chi connectivity index (χ0v) is 13.6. The lowest BCUT2D eigenvalue weighted by molar-refractivity contribution is -0.137. The van der Waals surface area contributed by atoms with Gasteiger partial charge in [-0.3, -0.25) is 9.69 Å². The maximum Gasteiger partial charge on any atom is 0.303 e. The van der Waals surface area contributed by atoms with Crippen LogP contribution in [0, 0.1) is 0 Å². The molecule has 1 N–H and O–H groups in total. The fourth-order valence-electron chi connectivity index (χ4n) is 3.22. The van der Waals surface area contributed by atoms with Gasteiger partial charge in [0.05, 0.1) is 0 Å². The van der Waals surface area contributed by atoms with E-state index in [1.165, 1.54) is 32.4 Å². The van der Waals surface area contributed by atoms with Gasteiger partial charge in [-0.15, -0.1) is 0 Å². The van der Waals surface area contributed by atoms with Crippen LogP contribution in [0.5, 0.6) is 0 Å². The minimum absolute atomic E-state index is 0.286. The first-order chi connectivity index (χ1) is 9.41. The van der Waals surface area contributed by atoms with Crippen LogP contribution < -0.4 is 0 Å². The summed E-state index contributed by atoms with van der Waals surface area (Å²) in [6, 6.07) is 1.75. The summed E-state index contributed by atoms with van der Waals surface area (Å²) in [6.07, 6.45) is 4.76. The third kappa shape index (κ3) is 5.80. The van der Waals surface area contributed by atoms with E-state index in [1.54, 1.807) is 0 Å². The zero-order chi connectivity index (χ0) is 15.1. The van der Waals surface area contributed by atoms with Gasteiger partial charge in [-0.25, -0.2) is 0 Å². The van der Waals surface area contributed by atoms with Crippen molar-refractivity contribution in [3.8, 4) is 0 Å². The minimum Gasteiger partial charge on any atom is -0.481 e. The second kappa shape index (κ2) is 8.63. The highest BCUT2D eigenvalue weighted by Crippen LogP contribution is 2.20. The number of nitrogens with zero attached hydrogens (tertiary/aromatic N) is 2. The van der Waals surface area contributed by atoms with Crippen molar-refractivity contribution < 1.29 is 9.90 Å². The van der Waals surface area contributed by atoms with Crippen LogP contribution in [-0.4, -0.2) is 58.6 Å². The summed E-state index contributed by atoms with van der Waals surface area (Å²) in [7, 11) is 0. The van der Waals surface area contributed by atoms with E-state index in [4.69, 9.17) is 5.11 Å². The maximum absolute atomic E-state index is 10.7. The molecule has 0 radical (unpaired) electrons. The van der Waals surface area contributed by atoms with Crippen molar-refractivity contribution in [3.05, 3.63) is 0 Å². The fraction of sp³-hybridized carbons (Fsp3) is 0.938. The van der Waals surface area contributed by atoms with E-state index in [2.05, 4.69) is 37.5 Å². The van der Waals surface area contributed by atoms with Gasteiger partial charge in [0.25, 0.3) is 0 Å². The summed E-state index contributed by atoms with van der Waals surface area (Å²) in [6.45, 7) is 12.3. The van der Waals surface area contributed by atoms with Crippen molar-refractivity contribution in [3.63, 3.8) is 0 Å². The van der Waals surface area contributed by atoms with Crippen LogP contribution in [0.2, 0.25) is 0 Å². The van der Waals surface area contributed by atoms with E-state index >= 15 is 0 Å². The number of carboxylic acid groups (broad SMARTS) is 1. The number of likely N-dealkylation sites (tertiary alicyclic amines) is 1. The standard InChI is InChI=1S/C16H32N2O2/c1-13(2)17-10-5-7-15(9-12-17)18(14(3)4)11-6-8-16(19)20/h13-15H,5-12H2,1-4H3,(H,19,20). The number of carbonyl (C=O) groups is 1. The van der Waals surface area contributed by atoms with E-state index in [0.717, 1.165) is 13.0 Å². The average molecular weight is 284 g/mol. The van der Waals surface area contributed by atoms with Crippen molar-refractivity contribution >= 4 is 5.97 Å². The molecule has 118 valence electrons. The molecular formula is C16H32N2O2. The highest BCUT2D eigenvalue weighted by atomic mass is 16.4. The Kier molecular flexibility index (Phi) is 7.52. The average Bonchev–Trinajstić information content (AvgIpc) is 2.59. The molecule has 0 aromatic carbocycles. The van der Waals surface area contributed by atoms with Crippen LogP contribution in [0.3, 0.4) is 0 Å². The molecule has 0 aromatic heterocycles. The van der Waals surface area contributed by atoms with Crippen molar-refractivity contribution in [1.82, 2.24) is 9.80 Å². The smallest absolute Gasteiger partial charge is 0.303 e. The molecule has 1 saturated heterocycles. The molecule has 1 rings (SSSR count). The summed E-state index contributed by atoms with van der Waals surface area (Å²) in [5.41, 5.74) is 0. The van der Waals surface area contributed by atoms with Gasteiger partial charge >= 0.3 is 5.97 Å². The van der Waals surface area contributed by atoms with Crippen LogP contribution in [0.4, 0.5) is 0 Å². The Morgan fingerprint density at radius 3 is 2.50 bits per heavy atom. The quantitative estimate of drug-likeness (QED) is 0.781. The molecule has 1 fully saturated rings. The normalized spacial score (nSPS) is 21.6. The molecule has 1 heterocycles. The third-order valence-corrected chi connectivity index (χ3v) is 4.40. The summed E-state index contributed by atoms with van der Waals surface area (Å²) >= 11 is 0. The van der Waals surface area contributed by atoms with Gasteiger partial charge in [-0.2, -0.15) is 0 Å². The first-order valence-corrected chi connectivity index (χ1v) is 8.13. The Hall–Kier alpha value is -0.610. The number of hydrogen-bond donors (Lipinski definition) is 1. The summed E-state index contributed by atoms with van der Waals surface area (Å²) in [5, 5.41) is 8.79. The Balaban J connectivity index is 2.51. The Bertz CT molecular complexity index is 292. The second-order valence-corrected chi connectivity index (χ2v) is 6.54. The molecule has 0 amide bonds. The summed E-state index contributed by atoms with van der Waals surface area (Å²) in [5.74, 6) is -0.680. The van der Waals surface area contributed by atoms with Crippen LogP contribution in [0.25, 0.3) is 0 Å². The molecule has 0 saturated carbocycles. The zero-order valence-electron chi connectivity index (χ0n) is 13.6.